The van der Waals surface area contributed by atoms with Gasteiger partial charge in [-0.25, -0.2) is 12.7 Å². The van der Waals surface area contributed by atoms with Gasteiger partial charge in [-0.3, -0.25) is 9.78 Å². The first-order chi connectivity index (χ1) is 17.7. The molecular weight excluding hydrogens is 482 g/mol. The summed E-state index contributed by atoms with van der Waals surface area (Å²) in [7, 11) is -3.46. The number of carbonyl (C=O) groups is 1. The van der Waals surface area contributed by atoms with Gasteiger partial charge in [0.2, 0.25) is 15.9 Å². The Bertz CT molecular complexity index is 1280. The molecule has 1 N–H and O–H groups in total. The van der Waals surface area contributed by atoms with Gasteiger partial charge in [0.25, 0.3) is 0 Å². The number of aryl methyl sites for hydroxylation is 1. The zero-order valence-electron chi connectivity index (χ0n) is 22.1. The van der Waals surface area contributed by atoms with Crippen LogP contribution in [0.4, 0.5) is 0 Å². The Balaban J connectivity index is 1.18. The van der Waals surface area contributed by atoms with E-state index in [-0.39, 0.29) is 35.0 Å². The number of sulfonamides is 1. The second kappa shape index (κ2) is 8.91. The van der Waals surface area contributed by atoms with Gasteiger partial charge in [-0.15, -0.1) is 0 Å². The Morgan fingerprint density at radius 3 is 2.59 bits per heavy atom. The third-order valence-corrected chi connectivity index (χ3v) is 12.9. The molecule has 1 aromatic carbocycles. The fourth-order valence-corrected chi connectivity index (χ4v) is 10.7. The molecule has 3 atom stereocenters. The van der Waals surface area contributed by atoms with E-state index in [1.807, 2.05) is 12.1 Å². The molecule has 37 heavy (non-hydrogen) atoms. The van der Waals surface area contributed by atoms with Crippen LogP contribution in [0.5, 0.6) is 0 Å². The highest BCUT2D eigenvalue weighted by Gasteiger charge is 2.66. The van der Waals surface area contributed by atoms with E-state index in [1.54, 1.807) is 16.7 Å². The Hall–Kier alpha value is -2.25. The van der Waals surface area contributed by atoms with Crippen molar-refractivity contribution in [2.24, 2.45) is 16.7 Å². The third-order valence-electron chi connectivity index (χ3n) is 10.8. The molecule has 2 heterocycles. The first-order valence-electron chi connectivity index (χ1n) is 13.9. The molecule has 6 rings (SSSR count). The molecule has 0 radical (unpaired) electrons. The second-order valence-corrected chi connectivity index (χ2v) is 14.6. The van der Waals surface area contributed by atoms with Crippen LogP contribution in [0.2, 0.25) is 0 Å². The number of rotatable bonds is 6. The molecule has 4 aliphatic rings. The molecule has 7 heteroatoms. The SMILES string of the molecule is CC1(C)[C@@H]2CC[C@@]1(CS(=O)(=O)N1CCC3(CCc4ccccc43)CC1)[C@@H](NC(=O)Cc1cccnc1)C2. The average Bonchev–Trinajstić information content (AvgIpc) is 3.41. The normalized spacial score (nSPS) is 29.9. The highest BCUT2D eigenvalue weighted by molar-refractivity contribution is 7.89. The van der Waals surface area contributed by atoms with Crippen molar-refractivity contribution in [3.05, 3.63) is 65.5 Å². The van der Waals surface area contributed by atoms with E-state index in [9.17, 15) is 13.2 Å². The average molecular weight is 522 g/mol. The smallest absolute Gasteiger partial charge is 0.224 e. The molecule has 2 bridgehead atoms. The predicted octanol–water partition coefficient (Wildman–Crippen LogP) is 4.25. The third kappa shape index (κ3) is 4.04. The standard InChI is InChI=1S/C30H39N3O3S/c1-28(2)24-10-12-30(28,26(19-24)32-27(34)18-22-6-5-15-31-20-22)21-37(35,36)33-16-13-29(14-17-33)11-9-23-7-3-4-8-25(23)29/h3-8,15,20,24,26H,9-14,16-19,21H2,1-2H3,(H,32,34)/t24-,26+,30-/m1/s1. The number of hydrogen-bond acceptors (Lipinski definition) is 4. The molecule has 6 nitrogen and oxygen atoms in total. The van der Waals surface area contributed by atoms with E-state index in [1.165, 1.54) is 11.1 Å². The lowest BCUT2D eigenvalue weighted by Gasteiger charge is -2.45. The van der Waals surface area contributed by atoms with Gasteiger partial charge in [-0.2, -0.15) is 0 Å². The van der Waals surface area contributed by atoms with Crippen molar-refractivity contribution < 1.29 is 13.2 Å². The second-order valence-electron chi connectivity index (χ2n) is 12.6. The molecule has 1 saturated heterocycles. The van der Waals surface area contributed by atoms with Crippen LogP contribution in [-0.2, 0) is 33.1 Å². The van der Waals surface area contributed by atoms with E-state index in [0.29, 0.717) is 19.0 Å². The Kier molecular flexibility index (Phi) is 6.03. The summed E-state index contributed by atoms with van der Waals surface area (Å²) in [5.74, 6) is 0.522. The summed E-state index contributed by atoms with van der Waals surface area (Å²) >= 11 is 0. The van der Waals surface area contributed by atoms with Crippen LogP contribution >= 0.6 is 0 Å². The van der Waals surface area contributed by atoms with Crippen LogP contribution in [-0.4, -0.2) is 48.5 Å². The predicted molar refractivity (Wildman–Crippen MR) is 144 cm³/mol. The number of aromatic nitrogens is 1. The number of piperidine rings is 1. The van der Waals surface area contributed by atoms with Gasteiger partial charge in [0, 0.05) is 36.9 Å². The highest BCUT2D eigenvalue weighted by atomic mass is 32.2. The van der Waals surface area contributed by atoms with Crippen LogP contribution in [0.3, 0.4) is 0 Å². The number of fused-ring (bicyclic) bond motifs is 4. The molecule has 2 aromatic rings. The van der Waals surface area contributed by atoms with Crippen molar-refractivity contribution >= 4 is 15.9 Å². The molecule has 0 unspecified atom stereocenters. The van der Waals surface area contributed by atoms with Crippen LogP contribution in [0.25, 0.3) is 0 Å². The zero-order valence-corrected chi connectivity index (χ0v) is 22.9. The van der Waals surface area contributed by atoms with Crippen LogP contribution in [0.1, 0.15) is 69.1 Å². The molecule has 1 aliphatic heterocycles. The number of pyridine rings is 1. The highest BCUT2D eigenvalue weighted by Crippen LogP contribution is 2.66. The maximum Gasteiger partial charge on any atom is 0.224 e. The summed E-state index contributed by atoms with van der Waals surface area (Å²) in [5.41, 5.74) is 3.32. The van der Waals surface area contributed by atoms with Crippen molar-refractivity contribution in [1.82, 2.24) is 14.6 Å². The number of carbonyl (C=O) groups excluding carboxylic acids is 1. The lowest BCUT2D eigenvalue weighted by Crippen LogP contribution is -2.55. The number of amides is 1. The molecule has 1 amide bonds. The lowest BCUT2D eigenvalue weighted by molar-refractivity contribution is -0.122. The zero-order chi connectivity index (χ0) is 25.9. The minimum Gasteiger partial charge on any atom is -0.352 e. The van der Waals surface area contributed by atoms with Crippen LogP contribution < -0.4 is 5.32 Å². The van der Waals surface area contributed by atoms with Crippen molar-refractivity contribution in [2.45, 2.75) is 76.7 Å². The van der Waals surface area contributed by atoms with Gasteiger partial charge >= 0.3 is 0 Å². The molecule has 198 valence electrons. The van der Waals surface area contributed by atoms with Crippen molar-refractivity contribution in [1.29, 1.82) is 0 Å². The molecule has 2 saturated carbocycles. The van der Waals surface area contributed by atoms with Crippen molar-refractivity contribution in [3.63, 3.8) is 0 Å². The van der Waals surface area contributed by atoms with Gasteiger partial charge in [0.05, 0.1) is 12.2 Å². The summed E-state index contributed by atoms with van der Waals surface area (Å²) in [5, 5.41) is 3.28. The number of hydrogen-bond donors (Lipinski definition) is 1. The topological polar surface area (TPSA) is 79.4 Å². The first kappa shape index (κ1) is 25.1. The van der Waals surface area contributed by atoms with Gasteiger partial charge in [0.1, 0.15) is 0 Å². The van der Waals surface area contributed by atoms with E-state index in [2.05, 4.69) is 48.4 Å². The maximum absolute atomic E-state index is 14.0. The van der Waals surface area contributed by atoms with E-state index >= 15 is 0 Å². The van der Waals surface area contributed by atoms with Gasteiger partial charge in [0.15, 0.2) is 0 Å². The number of nitrogens with one attached hydrogen (secondary N) is 1. The summed E-state index contributed by atoms with van der Waals surface area (Å²) in [6, 6.07) is 12.3. The molecule has 3 aliphatic carbocycles. The monoisotopic (exact) mass is 521 g/mol. The molecular formula is C30H39N3O3S. The Morgan fingerprint density at radius 2 is 1.86 bits per heavy atom. The fraction of sp³-hybridized carbons (Fsp3) is 0.600. The van der Waals surface area contributed by atoms with E-state index in [0.717, 1.165) is 50.5 Å². The summed E-state index contributed by atoms with van der Waals surface area (Å²) in [6.45, 7) is 5.64. The Morgan fingerprint density at radius 1 is 1.08 bits per heavy atom. The van der Waals surface area contributed by atoms with Crippen LogP contribution in [0.15, 0.2) is 48.8 Å². The molecule has 1 spiro atoms. The number of nitrogens with zero attached hydrogens (tertiary/aromatic N) is 2. The minimum atomic E-state index is -3.46. The first-order valence-corrected chi connectivity index (χ1v) is 15.5. The van der Waals surface area contributed by atoms with Gasteiger partial charge in [-0.1, -0.05) is 44.2 Å². The quantitative estimate of drug-likeness (QED) is 0.617. The summed E-state index contributed by atoms with van der Waals surface area (Å²) in [4.78, 5) is 17.1. The molecule has 1 aromatic heterocycles. The lowest BCUT2D eigenvalue weighted by atomic mass is 9.69. The van der Waals surface area contributed by atoms with E-state index in [4.69, 9.17) is 0 Å². The minimum absolute atomic E-state index is 0.0436. The summed E-state index contributed by atoms with van der Waals surface area (Å²) < 4.78 is 29.7. The molecule has 3 fully saturated rings. The summed E-state index contributed by atoms with van der Waals surface area (Å²) in [6.07, 6.45) is 10.5. The van der Waals surface area contributed by atoms with Crippen molar-refractivity contribution in [2.75, 3.05) is 18.8 Å². The Labute approximate surface area is 221 Å². The van der Waals surface area contributed by atoms with Gasteiger partial charge in [-0.05, 0) is 84.5 Å². The van der Waals surface area contributed by atoms with Crippen molar-refractivity contribution in [3.8, 4) is 0 Å². The largest absolute Gasteiger partial charge is 0.352 e. The van der Waals surface area contributed by atoms with Crippen LogP contribution in [0, 0.1) is 16.7 Å². The van der Waals surface area contributed by atoms with E-state index < -0.39 is 15.4 Å². The fourth-order valence-electron chi connectivity index (χ4n) is 8.45. The maximum atomic E-state index is 14.0. The number of benzene rings is 1. The van der Waals surface area contributed by atoms with Gasteiger partial charge < -0.3 is 5.32 Å².